The van der Waals surface area contributed by atoms with E-state index in [2.05, 4.69) is 53.4 Å². The van der Waals surface area contributed by atoms with E-state index in [4.69, 9.17) is 10.7 Å². The Balaban J connectivity index is 2.00. The van der Waals surface area contributed by atoms with Crippen molar-refractivity contribution in [3.8, 4) is 0 Å². The minimum Gasteiger partial charge on any atom is -0.350 e. The molecule has 0 spiro atoms. The highest BCUT2D eigenvalue weighted by Gasteiger charge is 2.29. The van der Waals surface area contributed by atoms with E-state index in [0.717, 1.165) is 30.2 Å². The van der Waals surface area contributed by atoms with E-state index >= 15 is 0 Å². The quantitative estimate of drug-likeness (QED) is 0.939. The summed E-state index contributed by atoms with van der Waals surface area (Å²) in [5.74, 6) is 2.33. The number of anilines is 1. The maximum absolute atomic E-state index is 6.22. The van der Waals surface area contributed by atoms with Crippen molar-refractivity contribution >= 4 is 33.9 Å². The summed E-state index contributed by atoms with van der Waals surface area (Å²) in [7, 11) is 0. The Hall–Kier alpha value is -0.720. The number of thioether (sulfide) groups is 1. The zero-order valence-corrected chi connectivity index (χ0v) is 14.6. The standard InChI is InChI=1S/C15H24N4S2/c1-4-12(16)9-13-14(17-15-19(13)6-8-21-15)18-5-7-20-11(3)10(18)2/h6,8,10-12H,4-5,7,9,16H2,1-3H3. The lowest BCUT2D eigenvalue weighted by atomic mass is 10.1. The molecule has 0 bridgehead atoms. The van der Waals surface area contributed by atoms with Crippen molar-refractivity contribution in [3.05, 3.63) is 17.3 Å². The van der Waals surface area contributed by atoms with E-state index in [1.807, 2.05) is 0 Å². The molecule has 1 aliphatic rings. The summed E-state index contributed by atoms with van der Waals surface area (Å²) in [6, 6.07) is 0.723. The van der Waals surface area contributed by atoms with E-state index in [-0.39, 0.29) is 6.04 Å². The van der Waals surface area contributed by atoms with Crippen molar-refractivity contribution in [1.82, 2.24) is 9.38 Å². The van der Waals surface area contributed by atoms with Crippen molar-refractivity contribution in [2.45, 2.75) is 50.9 Å². The lowest BCUT2D eigenvalue weighted by molar-refractivity contribution is 0.603. The summed E-state index contributed by atoms with van der Waals surface area (Å²) < 4.78 is 2.23. The molecular weight excluding hydrogens is 300 g/mol. The molecule has 0 aliphatic carbocycles. The van der Waals surface area contributed by atoms with Crippen LogP contribution in [-0.2, 0) is 6.42 Å². The first-order valence-electron chi connectivity index (χ1n) is 7.70. The van der Waals surface area contributed by atoms with E-state index in [0.29, 0.717) is 11.3 Å². The fourth-order valence-electron chi connectivity index (χ4n) is 2.87. The van der Waals surface area contributed by atoms with Gasteiger partial charge in [-0.1, -0.05) is 13.8 Å². The third-order valence-corrected chi connectivity index (χ3v) is 6.57. The molecule has 0 saturated carbocycles. The van der Waals surface area contributed by atoms with Gasteiger partial charge in [-0.3, -0.25) is 4.40 Å². The van der Waals surface area contributed by atoms with Crippen LogP contribution in [0.25, 0.3) is 4.96 Å². The lowest BCUT2D eigenvalue weighted by Crippen LogP contribution is -2.45. The fraction of sp³-hybridized carbons (Fsp3) is 0.667. The molecule has 0 radical (unpaired) electrons. The van der Waals surface area contributed by atoms with Crippen LogP contribution in [0.3, 0.4) is 0 Å². The van der Waals surface area contributed by atoms with Gasteiger partial charge in [-0.25, -0.2) is 4.98 Å². The maximum Gasteiger partial charge on any atom is 0.195 e. The van der Waals surface area contributed by atoms with Gasteiger partial charge in [0.05, 0.1) is 5.69 Å². The Morgan fingerprint density at radius 1 is 1.48 bits per heavy atom. The molecule has 0 aromatic carbocycles. The number of imidazole rings is 1. The Kier molecular flexibility index (Phi) is 4.47. The predicted molar refractivity (Wildman–Crippen MR) is 93.8 cm³/mol. The van der Waals surface area contributed by atoms with Crippen LogP contribution in [0.2, 0.25) is 0 Å². The molecule has 116 valence electrons. The molecule has 1 fully saturated rings. The summed E-state index contributed by atoms with van der Waals surface area (Å²) in [5, 5.41) is 2.75. The van der Waals surface area contributed by atoms with Gasteiger partial charge in [-0.2, -0.15) is 11.8 Å². The molecule has 3 atom stereocenters. The average Bonchev–Trinajstić information content (AvgIpc) is 3.04. The SMILES string of the molecule is CCC(N)Cc1c(N2CCSC(C)C2C)nc2sccn12. The monoisotopic (exact) mass is 324 g/mol. The van der Waals surface area contributed by atoms with E-state index in [9.17, 15) is 0 Å². The van der Waals surface area contributed by atoms with Crippen LogP contribution in [0.1, 0.15) is 32.9 Å². The largest absolute Gasteiger partial charge is 0.350 e. The Morgan fingerprint density at radius 2 is 2.29 bits per heavy atom. The number of nitrogens with zero attached hydrogens (tertiary/aromatic N) is 3. The van der Waals surface area contributed by atoms with Crippen LogP contribution in [0.15, 0.2) is 11.6 Å². The smallest absolute Gasteiger partial charge is 0.195 e. The van der Waals surface area contributed by atoms with Crippen LogP contribution in [-0.4, -0.2) is 39.0 Å². The second-order valence-electron chi connectivity index (χ2n) is 5.82. The Morgan fingerprint density at radius 3 is 3.05 bits per heavy atom. The van der Waals surface area contributed by atoms with Crippen LogP contribution >= 0.6 is 23.1 Å². The zero-order chi connectivity index (χ0) is 15.0. The molecule has 1 saturated heterocycles. The highest BCUT2D eigenvalue weighted by atomic mass is 32.2. The second-order valence-corrected chi connectivity index (χ2v) is 8.18. The van der Waals surface area contributed by atoms with Gasteiger partial charge in [0, 0.05) is 47.6 Å². The number of hydrogen-bond donors (Lipinski definition) is 1. The molecule has 3 unspecified atom stereocenters. The van der Waals surface area contributed by atoms with Gasteiger partial charge in [-0.05, 0) is 13.3 Å². The number of rotatable bonds is 4. The highest BCUT2D eigenvalue weighted by Crippen LogP contribution is 2.32. The summed E-state index contributed by atoms with van der Waals surface area (Å²) >= 11 is 3.76. The van der Waals surface area contributed by atoms with Crippen molar-refractivity contribution in [1.29, 1.82) is 0 Å². The fourth-order valence-corrected chi connectivity index (χ4v) is 4.69. The molecule has 4 nitrogen and oxygen atoms in total. The van der Waals surface area contributed by atoms with Crippen molar-refractivity contribution in [2.75, 3.05) is 17.2 Å². The predicted octanol–water partition coefficient (Wildman–Crippen LogP) is 3.01. The maximum atomic E-state index is 6.22. The molecule has 21 heavy (non-hydrogen) atoms. The van der Waals surface area contributed by atoms with Crippen LogP contribution < -0.4 is 10.6 Å². The van der Waals surface area contributed by atoms with Gasteiger partial charge >= 0.3 is 0 Å². The molecule has 2 aromatic rings. The van der Waals surface area contributed by atoms with Crippen molar-refractivity contribution < 1.29 is 0 Å². The molecule has 2 aromatic heterocycles. The minimum absolute atomic E-state index is 0.204. The lowest BCUT2D eigenvalue weighted by Gasteiger charge is -2.38. The average molecular weight is 325 g/mol. The Bertz CT molecular complexity index is 606. The summed E-state index contributed by atoms with van der Waals surface area (Å²) in [5.41, 5.74) is 7.51. The molecule has 2 N–H and O–H groups in total. The van der Waals surface area contributed by atoms with Crippen LogP contribution in [0, 0.1) is 0 Å². The first-order chi connectivity index (χ1) is 10.1. The van der Waals surface area contributed by atoms with E-state index in [1.165, 1.54) is 11.4 Å². The zero-order valence-electron chi connectivity index (χ0n) is 13.0. The van der Waals surface area contributed by atoms with Gasteiger partial charge in [-0.15, -0.1) is 11.3 Å². The van der Waals surface area contributed by atoms with Gasteiger partial charge in [0.1, 0.15) is 0 Å². The third kappa shape index (κ3) is 2.81. The number of nitrogens with two attached hydrogens (primary N) is 1. The number of thiazole rings is 1. The first-order valence-corrected chi connectivity index (χ1v) is 9.63. The van der Waals surface area contributed by atoms with Gasteiger partial charge < -0.3 is 10.6 Å². The molecule has 0 amide bonds. The number of fused-ring (bicyclic) bond motifs is 1. The normalized spacial score (nSPS) is 24.7. The van der Waals surface area contributed by atoms with Gasteiger partial charge in [0.15, 0.2) is 10.8 Å². The minimum atomic E-state index is 0.204. The summed E-state index contributed by atoms with van der Waals surface area (Å²) in [6.45, 7) is 7.86. The third-order valence-electron chi connectivity index (χ3n) is 4.48. The molecule has 6 heteroatoms. The molecule has 3 heterocycles. The van der Waals surface area contributed by atoms with Crippen LogP contribution in [0.4, 0.5) is 5.82 Å². The summed E-state index contributed by atoms with van der Waals surface area (Å²) in [6.07, 6.45) is 4.02. The molecule has 3 rings (SSSR count). The van der Waals surface area contributed by atoms with Gasteiger partial charge in [0.2, 0.25) is 0 Å². The highest BCUT2D eigenvalue weighted by molar-refractivity contribution is 8.00. The van der Waals surface area contributed by atoms with Crippen molar-refractivity contribution in [3.63, 3.8) is 0 Å². The molecular formula is C15H24N4S2. The molecule has 1 aliphatic heterocycles. The van der Waals surface area contributed by atoms with E-state index in [1.54, 1.807) is 11.3 Å². The van der Waals surface area contributed by atoms with Crippen molar-refractivity contribution in [2.24, 2.45) is 5.73 Å². The first kappa shape index (κ1) is 15.2. The van der Waals surface area contributed by atoms with E-state index < -0.39 is 0 Å². The number of hydrogen-bond acceptors (Lipinski definition) is 5. The summed E-state index contributed by atoms with van der Waals surface area (Å²) in [4.78, 5) is 8.48. The second kappa shape index (κ2) is 6.18. The van der Waals surface area contributed by atoms with Gasteiger partial charge in [0.25, 0.3) is 0 Å². The topological polar surface area (TPSA) is 46.6 Å². The van der Waals surface area contributed by atoms with Crippen LogP contribution in [0.5, 0.6) is 0 Å². The number of aromatic nitrogens is 2. The Labute approximate surface area is 134 Å².